The lowest BCUT2D eigenvalue weighted by atomic mass is 10.1. The number of fused-ring (bicyclic) bond motifs is 1. The first-order chi connectivity index (χ1) is 16.0. The molecule has 0 bridgehead atoms. The average molecular weight is 449 g/mol. The van der Waals surface area contributed by atoms with Crippen LogP contribution in [0.5, 0.6) is 11.5 Å². The Labute approximate surface area is 195 Å². The minimum Gasteiger partial charge on any atom is -0.497 e. The summed E-state index contributed by atoms with van der Waals surface area (Å²) in [7, 11) is 1.61. The lowest BCUT2D eigenvalue weighted by Crippen LogP contribution is -2.49. The van der Waals surface area contributed by atoms with E-state index in [2.05, 4.69) is 12.2 Å². The van der Waals surface area contributed by atoms with Crippen LogP contribution < -0.4 is 14.8 Å². The van der Waals surface area contributed by atoms with Gasteiger partial charge in [-0.25, -0.2) is 0 Å². The van der Waals surface area contributed by atoms with Gasteiger partial charge in [0.1, 0.15) is 17.5 Å². The maximum Gasteiger partial charge on any atom is 0.261 e. The molecule has 1 atom stereocenters. The Morgan fingerprint density at radius 2 is 1.73 bits per heavy atom. The predicted molar refractivity (Wildman–Crippen MR) is 130 cm³/mol. The molecule has 1 unspecified atom stereocenters. The van der Waals surface area contributed by atoms with Gasteiger partial charge < -0.3 is 19.7 Å². The highest BCUT2D eigenvalue weighted by molar-refractivity contribution is 5.90. The summed E-state index contributed by atoms with van der Waals surface area (Å²) in [6.07, 6.45) is 1.89. The lowest BCUT2D eigenvalue weighted by molar-refractivity contribution is -0.142. The number of methoxy groups -OCH3 is 1. The SMILES string of the molecule is CCCCNC(=O)C(C)N(Cc1ccc(OC)cc1)C(=O)COc1cccc2ccccc12. The van der Waals surface area contributed by atoms with Gasteiger partial charge >= 0.3 is 0 Å². The van der Waals surface area contributed by atoms with Crippen molar-refractivity contribution in [3.05, 3.63) is 72.3 Å². The highest BCUT2D eigenvalue weighted by Crippen LogP contribution is 2.25. The zero-order valence-corrected chi connectivity index (χ0v) is 19.5. The molecule has 0 aromatic heterocycles. The van der Waals surface area contributed by atoms with Crippen LogP contribution in [0.1, 0.15) is 32.3 Å². The molecule has 0 radical (unpaired) electrons. The van der Waals surface area contributed by atoms with Crippen LogP contribution in [-0.2, 0) is 16.1 Å². The molecule has 0 heterocycles. The molecule has 6 heteroatoms. The molecule has 174 valence electrons. The van der Waals surface area contributed by atoms with Gasteiger partial charge in [-0.05, 0) is 42.5 Å². The Morgan fingerprint density at radius 3 is 2.45 bits per heavy atom. The van der Waals surface area contributed by atoms with Gasteiger partial charge in [-0.15, -0.1) is 0 Å². The molecular formula is C27H32N2O4. The first kappa shape index (κ1) is 24.1. The summed E-state index contributed by atoms with van der Waals surface area (Å²) in [6, 6.07) is 20.5. The van der Waals surface area contributed by atoms with Crippen molar-refractivity contribution >= 4 is 22.6 Å². The largest absolute Gasteiger partial charge is 0.497 e. The van der Waals surface area contributed by atoms with Gasteiger partial charge in [0.25, 0.3) is 5.91 Å². The molecule has 0 aliphatic rings. The number of carbonyl (C=O) groups excluding carboxylic acids is 2. The van der Waals surface area contributed by atoms with E-state index in [-0.39, 0.29) is 18.4 Å². The standard InChI is InChI=1S/C27H32N2O4/c1-4-5-17-28-27(31)20(2)29(18-21-13-15-23(32-3)16-14-21)26(30)19-33-25-12-8-10-22-9-6-7-11-24(22)25/h6-16,20H,4-5,17-19H2,1-3H3,(H,28,31). The fourth-order valence-corrected chi connectivity index (χ4v) is 3.59. The molecule has 0 fully saturated rings. The number of unbranched alkanes of at least 4 members (excludes halogenated alkanes) is 1. The number of nitrogens with one attached hydrogen (secondary N) is 1. The molecule has 0 aliphatic heterocycles. The zero-order valence-electron chi connectivity index (χ0n) is 19.5. The molecular weight excluding hydrogens is 416 g/mol. The predicted octanol–water partition coefficient (Wildman–Crippen LogP) is 4.56. The van der Waals surface area contributed by atoms with Crippen molar-refractivity contribution in [3.63, 3.8) is 0 Å². The molecule has 0 aliphatic carbocycles. The Kier molecular flexibility index (Phi) is 8.70. The molecule has 1 N–H and O–H groups in total. The summed E-state index contributed by atoms with van der Waals surface area (Å²) in [4.78, 5) is 27.6. The van der Waals surface area contributed by atoms with Crippen LogP contribution >= 0.6 is 0 Å². The minimum absolute atomic E-state index is 0.156. The fraction of sp³-hybridized carbons (Fsp3) is 0.333. The van der Waals surface area contributed by atoms with E-state index in [0.29, 0.717) is 18.8 Å². The Hall–Kier alpha value is -3.54. The summed E-state index contributed by atoms with van der Waals surface area (Å²) in [5, 5.41) is 4.91. The quantitative estimate of drug-likeness (QED) is 0.437. The maximum atomic E-state index is 13.3. The second kappa shape index (κ2) is 11.9. The molecule has 33 heavy (non-hydrogen) atoms. The molecule has 0 saturated heterocycles. The summed E-state index contributed by atoms with van der Waals surface area (Å²) < 4.78 is 11.1. The van der Waals surface area contributed by atoms with Gasteiger partial charge in [0.15, 0.2) is 6.61 Å². The maximum absolute atomic E-state index is 13.3. The van der Waals surface area contributed by atoms with E-state index in [1.54, 1.807) is 18.9 Å². The monoisotopic (exact) mass is 448 g/mol. The van der Waals surface area contributed by atoms with E-state index in [1.165, 1.54) is 0 Å². The van der Waals surface area contributed by atoms with Crippen molar-refractivity contribution in [1.82, 2.24) is 10.2 Å². The van der Waals surface area contributed by atoms with Crippen LogP contribution in [0.3, 0.4) is 0 Å². The van der Waals surface area contributed by atoms with E-state index in [4.69, 9.17) is 9.47 Å². The van der Waals surface area contributed by atoms with Gasteiger partial charge in [0.2, 0.25) is 5.91 Å². The second-order valence-electron chi connectivity index (χ2n) is 7.96. The lowest BCUT2D eigenvalue weighted by Gasteiger charge is -2.29. The van der Waals surface area contributed by atoms with Gasteiger partial charge in [-0.2, -0.15) is 0 Å². The van der Waals surface area contributed by atoms with E-state index < -0.39 is 6.04 Å². The number of hydrogen-bond donors (Lipinski definition) is 1. The molecule has 3 aromatic rings. The van der Waals surface area contributed by atoms with Crippen LogP contribution in [0.25, 0.3) is 10.8 Å². The number of ether oxygens (including phenoxy) is 2. The average Bonchev–Trinajstić information content (AvgIpc) is 2.85. The highest BCUT2D eigenvalue weighted by Gasteiger charge is 2.26. The Bertz CT molecular complexity index is 1060. The van der Waals surface area contributed by atoms with E-state index in [9.17, 15) is 9.59 Å². The van der Waals surface area contributed by atoms with Crippen molar-refractivity contribution in [2.24, 2.45) is 0 Å². The third-order valence-electron chi connectivity index (χ3n) is 5.61. The Morgan fingerprint density at radius 1 is 1.00 bits per heavy atom. The summed E-state index contributed by atoms with van der Waals surface area (Å²) in [5.41, 5.74) is 0.905. The summed E-state index contributed by atoms with van der Waals surface area (Å²) >= 11 is 0. The molecule has 2 amide bonds. The van der Waals surface area contributed by atoms with Crippen molar-refractivity contribution in [2.75, 3.05) is 20.3 Å². The molecule has 0 saturated carbocycles. The summed E-state index contributed by atoms with van der Waals surface area (Å²) in [5.74, 6) is 0.958. The van der Waals surface area contributed by atoms with Crippen LogP contribution in [0.4, 0.5) is 0 Å². The number of nitrogens with zero attached hydrogens (tertiary/aromatic N) is 1. The van der Waals surface area contributed by atoms with Crippen molar-refractivity contribution in [3.8, 4) is 11.5 Å². The fourth-order valence-electron chi connectivity index (χ4n) is 3.59. The molecule has 3 rings (SSSR count). The van der Waals surface area contributed by atoms with Gasteiger partial charge in [0.05, 0.1) is 7.11 Å². The normalized spacial score (nSPS) is 11.6. The van der Waals surface area contributed by atoms with Crippen LogP contribution in [0, 0.1) is 0 Å². The second-order valence-corrected chi connectivity index (χ2v) is 7.96. The topological polar surface area (TPSA) is 67.9 Å². The van der Waals surface area contributed by atoms with Crippen molar-refractivity contribution in [2.45, 2.75) is 39.3 Å². The van der Waals surface area contributed by atoms with E-state index in [1.807, 2.05) is 66.7 Å². The van der Waals surface area contributed by atoms with Crippen molar-refractivity contribution in [1.29, 1.82) is 0 Å². The van der Waals surface area contributed by atoms with E-state index >= 15 is 0 Å². The first-order valence-electron chi connectivity index (χ1n) is 11.3. The van der Waals surface area contributed by atoms with Gasteiger partial charge in [0, 0.05) is 18.5 Å². The Balaban J connectivity index is 1.75. The van der Waals surface area contributed by atoms with Gasteiger partial charge in [-0.1, -0.05) is 61.9 Å². The minimum atomic E-state index is -0.632. The third-order valence-corrected chi connectivity index (χ3v) is 5.61. The zero-order chi connectivity index (χ0) is 23.6. The van der Waals surface area contributed by atoms with Crippen LogP contribution in [0.2, 0.25) is 0 Å². The molecule has 3 aromatic carbocycles. The number of amides is 2. The third kappa shape index (κ3) is 6.48. The number of benzene rings is 3. The number of carbonyl (C=O) groups is 2. The van der Waals surface area contributed by atoms with Crippen LogP contribution in [-0.4, -0.2) is 43.0 Å². The van der Waals surface area contributed by atoms with Crippen LogP contribution in [0.15, 0.2) is 66.7 Å². The summed E-state index contributed by atoms with van der Waals surface area (Å²) in [6.45, 7) is 4.55. The smallest absolute Gasteiger partial charge is 0.261 e. The highest BCUT2D eigenvalue weighted by atomic mass is 16.5. The first-order valence-corrected chi connectivity index (χ1v) is 11.3. The van der Waals surface area contributed by atoms with Crippen molar-refractivity contribution < 1.29 is 19.1 Å². The van der Waals surface area contributed by atoms with E-state index in [0.717, 1.165) is 34.9 Å². The number of rotatable bonds is 11. The molecule has 6 nitrogen and oxygen atoms in total. The van der Waals surface area contributed by atoms with Gasteiger partial charge in [-0.3, -0.25) is 9.59 Å². The number of hydrogen-bond acceptors (Lipinski definition) is 4. The molecule has 0 spiro atoms.